The molecule has 0 radical (unpaired) electrons. The maximum atomic E-state index is 14.6. The highest BCUT2D eigenvalue weighted by atomic mass is 32.2. The van der Waals surface area contributed by atoms with E-state index in [1.165, 1.54) is 6.07 Å². The summed E-state index contributed by atoms with van der Waals surface area (Å²) >= 11 is 1.54. The van der Waals surface area contributed by atoms with Crippen LogP contribution in [0.25, 0.3) is 17.1 Å². The first-order chi connectivity index (χ1) is 13.3. The summed E-state index contributed by atoms with van der Waals surface area (Å²) in [4.78, 5) is 0. The number of rotatable bonds is 6. The lowest BCUT2D eigenvalue weighted by Crippen LogP contribution is -2.09. The number of halogens is 1. The fourth-order valence-electron chi connectivity index (χ4n) is 3.08. The van der Waals surface area contributed by atoms with Gasteiger partial charge in [-0.05, 0) is 49.2 Å². The van der Waals surface area contributed by atoms with Crippen LogP contribution < -0.4 is 4.74 Å². The van der Waals surface area contributed by atoms with Gasteiger partial charge in [0.05, 0.1) is 18.9 Å². The molecule has 1 aromatic heterocycles. The maximum Gasteiger partial charge on any atom is 0.196 e. The van der Waals surface area contributed by atoms with Crippen molar-refractivity contribution >= 4 is 11.8 Å². The molecule has 1 unspecified atom stereocenters. The molecule has 4 rings (SSSR count). The molecular weight excluding hydrogens is 365 g/mol. The Bertz CT molecular complexity index is 908. The van der Waals surface area contributed by atoms with Crippen LogP contribution in [0.15, 0.2) is 53.7 Å². The highest BCUT2D eigenvalue weighted by Gasteiger charge is 2.21. The first kappa shape index (κ1) is 18.0. The minimum absolute atomic E-state index is 0.213. The largest absolute Gasteiger partial charge is 0.497 e. The van der Waals surface area contributed by atoms with Gasteiger partial charge in [0.1, 0.15) is 11.6 Å². The molecule has 0 spiro atoms. The average molecular weight is 385 g/mol. The Morgan fingerprint density at radius 3 is 2.70 bits per heavy atom. The molecule has 0 aliphatic carbocycles. The minimum atomic E-state index is -0.314. The predicted octanol–water partition coefficient (Wildman–Crippen LogP) is 4.35. The van der Waals surface area contributed by atoms with E-state index in [2.05, 4.69) is 10.2 Å². The average Bonchev–Trinajstić information content (AvgIpc) is 3.36. The highest BCUT2D eigenvalue weighted by molar-refractivity contribution is 7.99. The van der Waals surface area contributed by atoms with Crippen molar-refractivity contribution in [3.63, 3.8) is 0 Å². The van der Waals surface area contributed by atoms with Crippen molar-refractivity contribution in [2.75, 3.05) is 19.5 Å². The third-order valence-electron chi connectivity index (χ3n) is 4.50. The van der Waals surface area contributed by atoms with Gasteiger partial charge in [-0.25, -0.2) is 4.39 Å². The summed E-state index contributed by atoms with van der Waals surface area (Å²) in [6.07, 6.45) is 2.35. The van der Waals surface area contributed by atoms with E-state index in [-0.39, 0.29) is 11.9 Å². The molecule has 0 bridgehead atoms. The smallest absolute Gasteiger partial charge is 0.196 e. The summed E-state index contributed by atoms with van der Waals surface area (Å²) < 4.78 is 27.2. The van der Waals surface area contributed by atoms with Crippen molar-refractivity contribution in [3.05, 3.63) is 54.3 Å². The molecule has 1 aliphatic rings. The highest BCUT2D eigenvalue weighted by Crippen LogP contribution is 2.31. The van der Waals surface area contributed by atoms with Gasteiger partial charge in [-0.2, -0.15) is 0 Å². The van der Waals surface area contributed by atoms with Gasteiger partial charge < -0.3 is 9.47 Å². The molecule has 1 fully saturated rings. The van der Waals surface area contributed by atoms with E-state index < -0.39 is 0 Å². The first-order valence-corrected chi connectivity index (χ1v) is 9.84. The third-order valence-corrected chi connectivity index (χ3v) is 5.56. The molecule has 7 heteroatoms. The topological polar surface area (TPSA) is 49.2 Å². The monoisotopic (exact) mass is 385 g/mol. The Hall–Kier alpha value is -2.38. The number of thioether (sulfide) groups is 1. The predicted molar refractivity (Wildman–Crippen MR) is 103 cm³/mol. The normalized spacial score (nSPS) is 16.6. The van der Waals surface area contributed by atoms with Crippen LogP contribution in [0, 0.1) is 5.82 Å². The number of hydrogen-bond acceptors (Lipinski definition) is 5. The number of benzene rings is 2. The number of methoxy groups -OCH3 is 1. The van der Waals surface area contributed by atoms with Crippen molar-refractivity contribution in [1.29, 1.82) is 0 Å². The molecule has 1 atom stereocenters. The Kier molecular flexibility index (Phi) is 5.40. The van der Waals surface area contributed by atoms with Crippen molar-refractivity contribution < 1.29 is 13.9 Å². The van der Waals surface area contributed by atoms with Crippen molar-refractivity contribution in [1.82, 2.24) is 14.8 Å². The fraction of sp³-hybridized carbons (Fsp3) is 0.300. The van der Waals surface area contributed by atoms with E-state index in [0.717, 1.165) is 36.5 Å². The number of ether oxygens (including phenoxy) is 2. The van der Waals surface area contributed by atoms with Gasteiger partial charge in [-0.1, -0.05) is 23.9 Å². The van der Waals surface area contributed by atoms with Crippen molar-refractivity contribution in [2.45, 2.75) is 24.1 Å². The number of aromatic nitrogens is 3. The van der Waals surface area contributed by atoms with Crippen LogP contribution in [0.4, 0.5) is 4.39 Å². The lowest BCUT2D eigenvalue weighted by molar-refractivity contribution is 0.129. The molecule has 2 heterocycles. The second-order valence-electron chi connectivity index (χ2n) is 6.27. The molecule has 0 N–H and O–H groups in total. The van der Waals surface area contributed by atoms with E-state index in [4.69, 9.17) is 9.47 Å². The van der Waals surface area contributed by atoms with Gasteiger partial charge in [-0.3, -0.25) is 4.57 Å². The zero-order chi connectivity index (χ0) is 18.6. The van der Waals surface area contributed by atoms with Crippen LogP contribution >= 0.6 is 11.8 Å². The Morgan fingerprint density at radius 1 is 1.19 bits per heavy atom. The first-order valence-electron chi connectivity index (χ1n) is 8.85. The van der Waals surface area contributed by atoms with Crippen LogP contribution in [-0.4, -0.2) is 40.3 Å². The van der Waals surface area contributed by atoms with Gasteiger partial charge in [0.15, 0.2) is 11.0 Å². The van der Waals surface area contributed by atoms with Crippen LogP contribution in [-0.2, 0) is 4.74 Å². The van der Waals surface area contributed by atoms with Crippen LogP contribution in [0.2, 0.25) is 0 Å². The Labute approximate surface area is 161 Å². The standard InChI is InChI=1S/C20H20FN3O2S/c1-25-15-10-8-14(9-11-15)19-22-23-20(27-13-16-5-4-12-26-16)24(19)18-7-3-2-6-17(18)21/h2-3,6-11,16H,4-5,12-13H2,1H3. The minimum Gasteiger partial charge on any atom is -0.497 e. The molecule has 2 aromatic carbocycles. The fourth-order valence-corrected chi connectivity index (χ4v) is 4.09. The molecule has 0 amide bonds. The molecule has 1 saturated heterocycles. The molecule has 1 aliphatic heterocycles. The zero-order valence-corrected chi connectivity index (χ0v) is 15.8. The van der Waals surface area contributed by atoms with E-state index in [9.17, 15) is 4.39 Å². The van der Waals surface area contributed by atoms with E-state index in [0.29, 0.717) is 16.7 Å². The summed E-state index contributed by atoms with van der Waals surface area (Å²) in [6.45, 7) is 0.808. The van der Waals surface area contributed by atoms with Crippen molar-refractivity contribution in [2.24, 2.45) is 0 Å². The SMILES string of the molecule is COc1ccc(-c2nnc(SCC3CCCO3)n2-c2ccccc2F)cc1. The van der Waals surface area contributed by atoms with Gasteiger partial charge >= 0.3 is 0 Å². The second-order valence-corrected chi connectivity index (χ2v) is 7.25. The van der Waals surface area contributed by atoms with E-state index >= 15 is 0 Å². The lowest BCUT2D eigenvalue weighted by atomic mass is 10.2. The lowest BCUT2D eigenvalue weighted by Gasteiger charge is -2.13. The molecule has 140 valence electrons. The van der Waals surface area contributed by atoms with Gasteiger partial charge in [0, 0.05) is 17.9 Å². The summed E-state index contributed by atoms with van der Waals surface area (Å²) in [5, 5.41) is 9.34. The summed E-state index contributed by atoms with van der Waals surface area (Å²) in [5.74, 6) is 1.81. The number of hydrogen-bond donors (Lipinski definition) is 0. The zero-order valence-electron chi connectivity index (χ0n) is 15.0. The quantitative estimate of drug-likeness (QED) is 0.591. The maximum absolute atomic E-state index is 14.6. The van der Waals surface area contributed by atoms with Crippen LogP contribution in [0.5, 0.6) is 5.75 Å². The van der Waals surface area contributed by atoms with Gasteiger partial charge in [0.2, 0.25) is 0 Å². The van der Waals surface area contributed by atoms with Gasteiger partial charge in [0.25, 0.3) is 0 Å². The number of para-hydroxylation sites is 1. The molecule has 27 heavy (non-hydrogen) atoms. The number of nitrogens with zero attached hydrogens (tertiary/aromatic N) is 3. The summed E-state index contributed by atoms with van der Waals surface area (Å²) in [5.41, 5.74) is 1.28. The second kappa shape index (κ2) is 8.10. The van der Waals surface area contributed by atoms with Gasteiger partial charge in [-0.15, -0.1) is 10.2 Å². The Morgan fingerprint density at radius 2 is 2.00 bits per heavy atom. The molecule has 5 nitrogen and oxygen atoms in total. The Balaban J connectivity index is 1.72. The van der Waals surface area contributed by atoms with Crippen LogP contribution in [0.1, 0.15) is 12.8 Å². The molecule has 0 saturated carbocycles. The molecular formula is C20H20FN3O2S. The molecule has 3 aromatic rings. The third kappa shape index (κ3) is 3.84. The summed E-state index contributed by atoms with van der Waals surface area (Å²) in [7, 11) is 1.62. The van der Waals surface area contributed by atoms with Crippen LogP contribution in [0.3, 0.4) is 0 Å². The van der Waals surface area contributed by atoms with Crippen molar-refractivity contribution in [3.8, 4) is 22.8 Å². The van der Waals surface area contributed by atoms with E-state index in [1.807, 2.05) is 30.3 Å². The van der Waals surface area contributed by atoms with E-state index in [1.54, 1.807) is 35.6 Å². The summed E-state index contributed by atoms with van der Waals surface area (Å²) in [6, 6.07) is 14.2.